The van der Waals surface area contributed by atoms with Crippen LogP contribution in [0.15, 0.2) is 18.5 Å². The molecule has 0 saturated heterocycles. The van der Waals surface area contributed by atoms with Crippen molar-refractivity contribution in [3.05, 3.63) is 24.0 Å². The molecule has 0 unspecified atom stereocenters. The van der Waals surface area contributed by atoms with E-state index in [1.54, 1.807) is 0 Å². The molecule has 0 aliphatic carbocycles. The van der Waals surface area contributed by atoms with Gasteiger partial charge in [0, 0.05) is 11.6 Å². The Balaban J connectivity index is 3.02. The van der Waals surface area contributed by atoms with Gasteiger partial charge in [0.1, 0.15) is 5.75 Å². The molecule has 1 rings (SSSR count). The van der Waals surface area contributed by atoms with Crippen molar-refractivity contribution in [2.75, 3.05) is 20.0 Å². The minimum Gasteiger partial charge on any atom is -0.494 e. The Hall–Kier alpha value is -2.04. The number of esters is 1. The fourth-order valence-corrected chi connectivity index (χ4v) is 1.03. The Bertz CT molecular complexity index is 388. The SMILES string of the molecule is COC(=O)/C=C\c1c(N)cncc1OC. The number of nitrogens with two attached hydrogens (primary N) is 1. The number of pyridine rings is 1. The van der Waals surface area contributed by atoms with Gasteiger partial charge in [0.2, 0.25) is 0 Å². The van der Waals surface area contributed by atoms with E-state index in [0.717, 1.165) is 0 Å². The van der Waals surface area contributed by atoms with Crippen LogP contribution in [0.3, 0.4) is 0 Å². The summed E-state index contributed by atoms with van der Waals surface area (Å²) < 4.78 is 9.51. The number of carbonyl (C=O) groups excluding carboxylic acids is 1. The molecule has 5 heteroatoms. The lowest BCUT2D eigenvalue weighted by atomic mass is 10.2. The van der Waals surface area contributed by atoms with Crippen LogP contribution in [-0.4, -0.2) is 25.2 Å². The van der Waals surface area contributed by atoms with Crippen LogP contribution in [0, 0.1) is 0 Å². The number of nitrogens with zero attached hydrogens (tertiary/aromatic N) is 1. The standard InChI is InChI=1S/C10H12N2O3/c1-14-9-6-12-5-8(11)7(9)3-4-10(13)15-2/h3-6H,11H2,1-2H3/b4-3-. The molecular formula is C10H12N2O3. The molecule has 0 atom stereocenters. The van der Waals surface area contributed by atoms with E-state index >= 15 is 0 Å². The van der Waals surface area contributed by atoms with E-state index in [9.17, 15) is 4.79 Å². The Morgan fingerprint density at radius 2 is 2.20 bits per heavy atom. The number of ether oxygens (including phenoxy) is 2. The van der Waals surface area contributed by atoms with Crippen LogP contribution in [-0.2, 0) is 9.53 Å². The Kier molecular flexibility index (Phi) is 3.68. The van der Waals surface area contributed by atoms with Crippen LogP contribution in [0.5, 0.6) is 5.75 Å². The van der Waals surface area contributed by atoms with Gasteiger partial charge in [-0.05, 0) is 6.08 Å². The van der Waals surface area contributed by atoms with Gasteiger partial charge >= 0.3 is 5.97 Å². The van der Waals surface area contributed by atoms with Crippen molar-refractivity contribution in [3.63, 3.8) is 0 Å². The Morgan fingerprint density at radius 3 is 2.80 bits per heavy atom. The molecule has 5 nitrogen and oxygen atoms in total. The van der Waals surface area contributed by atoms with Crippen molar-refractivity contribution >= 4 is 17.7 Å². The molecule has 0 spiro atoms. The second-order valence-corrected chi connectivity index (χ2v) is 2.70. The molecule has 0 aromatic carbocycles. The Labute approximate surface area is 87.5 Å². The Morgan fingerprint density at radius 1 is 1.47 bits per heavy atom. The summed E-state index contributed by atoms with van der Waals surface area (Å²) in [4.78, 5) is 14.8. The lowest BCUT2D eigenvalue weighted by Gasteiger charge is -2.05. The predicted octanol–water partition coefficient (Wildman–Crippen LogP) is 0.859. The number of carbonyl (C=O) groups is 1. The van der Waals surface area contributed by atoms with E-state index in [1.165, 1.54) is 38.8 Å². The lowest BCUT2D eigenvalue weighted by molar-refractivity contribution is -0.134. The molecule has 0 bridgehead atoms. The first-order chi connectivity index (χ1) is 7.19. The number of anilines is 1. The van der Waals surface area contributed by atoms with Gasteiger partial charge in [0.15, 0.2) is 0 Å². The minimum absolute atomic E-state index is 0.439. The first kappa shape index (κ1) is 11.0. The minimum atomic E-state index is -0.451. The van der Waals surface area contributed by atoms with Gasteiger partial charge in [-0.2, -0.15) is 0 Å². The van der Waals surface area contributed by atoms with Crippen LogP contribution < -0.4 is 10.5 Å². The van der Waals surface area contributed by atoms with Gasteiger partial charge in [-0.25, -0.2) is 4.79 Å². The normalized spacial score (nSPS) is 10.3. The average Bonchev–Trinajstić information content (AvgIpc) is 2.26. The van der Waals surface area contributed by atoms with Crippen molar-refractivity contribution in [2.45, 2.75) is 0 Å². The largest absolute Gasteiger partial charge is 0.494 e. The quantitative estimate of drug-likeness (QED) is 0.589. The van der Waals surface area contributed by atoms with E-state index in [2.05, 4.69) is 9.72 Å². The van der Waals surface area contributed by atoms with Gasteiger partial charge in [-0.15, -0.1) is 0 Å². The molecule has 15 heavy (non-hydrogen) atoms. The van der Waals surface area contributed by atoms with Crippen LogP contribution in [0.1, 0.15) is 5.56 Å². The van der Waals surface area contributed by atoms with Crippen molar-refractivity contribution in [1.29, 1.82) is 0 Å². The van der Waals surface area contributed by atoms with Crippen molar-refractivity contribution in [2.24, 2.45) is 0 Å². The molecule has 0 radical (unpaired) electrons. The number of methoxy groups -OCH3 is 2. The zero-order valence-electron chi connectivity index (χ0n) is 8.56. The van der Waals surface area contributed by atoms with E-state index in [-0.39, 0.29) is 0 Å². The molecule has 0 aliphatic heterocycles. The molecule has 80 valence electrons. The summed E-state index contributed by atoms with van der Waals surface area (Å²) in [5.74, 6) is 0.0587. The van der Waals surface area contributed by atoms with Crippen molar-refractivity contribution in [3.8, 4) is 5.75 Å². The van der Waals surface area contributed by atoms with E-state index in [0.29, 0.717) is 17.0 Å². The van der Waals surface area contributed by atoms with Crippen LogP contribution >= 0.6 is 0 Å². The monoisotopic (exact) mass is 208 g/mol. The number of hydrogen-bond donors (Lipinski definition) is 1. The smallest absolute Gasteiger partial charge is 0.330 e. The third-order valence-electron chi connectivity index (χ3n) is 1.79. The summed E-state index contributed by atoms with van der Waals surface area (Å²) >= 11 is 0. The summed E-state index contributed by atoms with van der Waals surface area (Å²) in [6.45, 7) is 0. The molecule has 0 aliphatic rings. The number of nitrogen functional groups attached to an aromatic ring is 1. The van der Waals surface area contributed by atoms with E-state index in [1.807, 2.05) is 0 Å². The van der Waals surface area contributed by atoms with Gasteiger partial charge in [0.25, 0.3) is 0 Å². The molecule has 1 heterocycles. The summed E-state index contributed by atoms with van der Waals surface area (Å²) in [6, 6.07) is 0. The zero-order valence-corrected chi connectivity index (χ0v) is 8.56. The number of rotatable bonds is 3. The summed E-state index contributed by atoms with van der Waals surface area (Å²) in [6.07, 6.45) is 5.81. The van der Waals surface area contributed by atoms with E-state index < -0.39 is 5.97 Å². The molecule has 1 aromatic heterocycles. The number of aromatic nitrogens is 1. The highest BCUT2D eigenvalue weighted by Crippen LogP contribution is 2.23. The third kappa shape index (κ3) is 2.70. The van der Waals surface area contributed by atoms with Crippen LogP contribution in [0.25, 0.3) is 6.08 Å². The average molecular weight is 208 g/mol. The maximum absolute atomic E-state index is 10.9. The summed E-state index contributed by atoms with van der Waals surface area (Å²) in [7, 11) is 2.81. The maximum Gasteiger partial charge on any atom is 0.330 e. The zero-order chi connectivity index (χ0) is 11.3. The van der Waals surface area contributed by atoms with Crippen LogP contribution in [0.2, 0.25) is 0 Å². The molecular weight excluding hydrogens is 196 g/mol. The highest BCUT2D eigenvalue weighted by molar-refractivity contribution is 5.88. The molecule has 0 amide bonds. The van der Waals surface area contributed by atoms with Crippen LogP contribution in [0.4, 0.5) is 5.69 Å². The van der Waals surface area contributed by atoms with Crippen molar-refractivity contribution in [1.82, 2.24) is 4.98 Å². The summed E-state index contributed by atoms with van der Waals surface area (Å²) in [5.41, 5.74) is 6.73. The molecule has 1 aromatic rings. The first-order valence-corrected chi connectivity index (χ1v) is 4.22. The highest BCUT2D eigenvalue weighted by atomic mass is 16.5. The first-order valence-electron chi connectivity index (χ1n) is 4.22. The topological polar surface area (TPSA) is 74.4 Å². The van der Waals surface area contributed by atoms with Crippen molar-refractivity contribution < 1.29 is 14.3 Å². The molecule has 2 N–H and O–H groups in total. The van der Waals surface area contributed by atoms with Gasteiger partial charge in [-0.3, -0.25) is 4.98 Å². The van der Waals surface area contributed by atoms with E-state index in [4.69, 9.17) is 10.5 Å². The third-order valence-corrected chi connectivity index (χ3v) is 1.79. The molecule has 0 fully saturated rings. The van der Waals surface area contributed by atoms with Gasteiger partial charge in [0.05, 0.1) is 32.3 Å². The lowest BCUT2D eigenvalue weighted by Crippen LogP contribution is -1.97. The number of hydrogen-bond acceptors (Lipinski definition) is 5. The van der Waals surface area contributed by atoms with Gasteiger partial charge in [-0.1, -0.05) is 0 Å². The van der Waals surface area contributed by atoms with Gasteiger partial charge < -0.3 is 15.2 Å². The fraction of sp³-hybridized carbons (Fsp3) is 0.200. The second kappa shape index (κ2) is 4.99. The highest BCUT2D eigenvalue weighted by Gasteiger charge is 2.04. The maximum atomic E-state index is 10.9. The predicted molar refractivity (Wildman–Crippen MR) is 56.3 cm³/mol. The summed E-state index contributed by atoms with van der Waals surface area (Å²) in [5, 5.41) is 0. The fourth-order valence-electron chi connectivity index (χ4n) is 1.03. The second-order valence-electron chi connectivity index (χ2n) is 2.70. The molecule has 0 saturated carbocycles.